The summed E-state index contributed by atoms with van der Waals surface area (Å²) in [6, 6.07) is 0. The van der Waals surface area contributed by atoms with Gasteiger partial charge in [0, 0.05) is 19.9 Å². The number of Topliss-reactive ketones (excluding diaryl/α,β-unsaturated/α-hetero) is 1. The molecule has 18 heavy (non-hydrogen) atoms. The summed E-state index contributed by atoms with van der Waals surface area (Å²) in [6.07, 6.45) is 5.20. The van der Waals surface area contributed by atoms with Crippen molar-refractivity contribution in [2.75, 3.05) is 26.2 Å². The van der Waals surface area contributed by atoms with E-state index in [9.17, 15) is 9.59 Å². The maximum absolute atomic E-state index is 10.8. The van der Waals surface area contributed by atoms with Gasteiger partial charge in [-0.3, -0.25) is 4.79 Å². The minimum Gasteiger partial charge on any atom is -0.356 e. The van der Waals surface area contributed by atoms with E-state index in [0.717, 1.165) is 45.4 Å². The first kappa shape index (κ1) is 15.2. The molecular weight excluding hydrogens is 228 g/mol. The maximum Gasteiger partial charge on any atom is 0.216 e. The van der Waals surface area contributed by atoms with Crippen LogP contribution in [0, 0.1) is 5.92 Å². The molecule has 1 saturated heterocycles. The first-order chi connectivity index (χ1) is 8.58. The van der Waals surface area contributed by atoms with Crippen LogP contribution >= 0.6 is 0 Å². The first-order valence-electron chi connectivity index (χ1n) is 7.04. The van der Waals surface area contributed by atoms with E-state index in [1.54, 1.807) is 13.8 Å². The molecule has 4 nitrogen and oxygen atoms in total. The summed E-state index contributed by atoms with van der Waals surface area (Å²) < 4.78 is 0. The monoisotopic (exact) mass is 254 g/mol. The lowest BCUT2D eigenvalue weighted by Gasteiger charge is -2.31. The highest BCUT2D eigenvalue weighted by atomic mass is 16.1. The predicted octanol–water partition coefficient (Wildman–Crippen LogP) is 1.59. The quantitative estimate of drug-likeness (QED) is 0.702. The van der Waals surface area contributed by atoms with Gasteiger partial charge in [0.25, 0.3) is 0 Å². The van der Waals surface area contributed by atoms with E-state index in [1.165, 1.54) is 12.8 Å². The standard InChI is InChI=1S/C14H26N2O2/c1-12(17)5-3-4-8-16-9-6-14(7-10-16)11-15-13(2)18/h14H,3-11H2,1-2H3,(H,15,18). The minimum absolute atomic E-state index is 0.0710. The van der Waals surface area contributed by atoms with E-state index in [0.29, 0.717) is 11.7 Å². The molecule has 1 aliphatic heterocycles. The van der Waals surface area contributed by atoms with Crippen LogP contribution in [0.2, 0.25) is 0 Å². The molecule has 0 atom stereocenters. The second-order valence-corrected chi connectivity index (χ2v) is 5.38. The van der Waals surface area contributed by atoms with Gasteiger partial charge in [-0.05, 0) is 58.2 Å². The fourth-order valence-electron chi connectivity index (χ4n) is 2.41. The lowest BCUT2D eigenvalue weighted by Crippen LogP contribution is -2.38. The van der Waals surface area contributed by atoms with Crippen molar-refractivity contribution in [1.82, 2.24) is 10.2 Å². The molecule has 1 rings (SSSR count). The lowest BCUT2D eigenvalue weighted by molar-refractivity contribution is -0.119. The Labute approximate surface area is 110 Å². The molecule has 0 radical (unpaired) electrons. The molecule has 1 amide bonds. The Hall–Kier alpha value is -0.900. The fourth-order valence-corrected chi connectivity index (χ4v) is 2.41. The van der Waals surface area contributed by atoms with Crippen molar-refractivity contribution in [2.24, 2.45) is 5.92 Å². The molecule has 104 valence electrons. The predicted molar refractivity (Wildman–Crippen MR) is 72.4 cm³/mol. The van der Waals surface area contributed by atoms with E-state index >= 15 is 0 Å². The van der Waals surface area contributed by atoms with Crippen LogP contribution in [0.5, 0.6) is 0 Å². The number of amides is 1. The Morgan fingerprint density at radius 2 is 1.83 bits per heavy atom. The average molecular weight is 254 g/mol. The molecule has 0 aromatic rings. The number of carbonyl (C=O) groups is 2. The van der Waals surface area contributed by atoms with Gasteiger partial charge in [-0.2, -0.15) is 0 Å². The van der Waals surface area contributed by atoms with Gasteiger partial charge in [-0.1, -0.05) is 0 Å². The van der Waals surface area contributed by atoms with Crippen molar-refractivity contribution in [3.8, 4) is 0 Å². The molecule has 1 aliphatic rings. The summed E-state index contributed by atoms with van der Waals surface area (Å²) in [5.74, 6) is 1.01. The summed E-state index contributed by atoms with van der Waals surface area (Å²) in [5, 5.41) is 2.90. The number of unbranched alkanes of at least 4 members (excludes halogenated alkanes) is 1. The summed E-state index contributed by atoms with van der Waals surface area (Å²) in [5.41, 5.74) is 0. The normalized spacial score (nSPS) is 17.7. The maximum atomic E-state index is 10.8. The summed E-state index contributed by atoms with van der Waals surface area (Å²) >= 11 is 0. The number of likely N-dealkylation sites (tertiary alicyclic amines) is 1. The molecule has 4 heteroatoms. The molecule has 0 saturated carbocycles. The lowest BCUT2D eigenvalue weighted by atomic mass is 9.96. The molecule has 1 N–H and O–H groups in total. The molecule has 0 aromatic carbocycles. The molecule has 0 unspecified atom stereocenters. The van der Waals surface area contributed by atoms with E-state index < -0.39 is 0 Å². The number of nitrogens with one attached hydrogen (secondary N) is 1. The van der Waals surface area contributed by atoms with E-state index in [4.69, 9.17) is 0 Å². The Balaban J connectivity index is 2.04. The molecule has 1 heterocycles. The van der Waals surface area contributed by atoms with Crippen LogP contribution in [0.3, 0.4) is 0 Å². The van der Waals surface area contributed by atoms with E-state index in [2.05, 4.69) is 10.2 Å². The average Bonchev–Trinajstić information content (AvgIpc) is 2.33. The number of hydrogen-bond donors (Lipinski definition) is 1. The van der Waals surface area contributed by atoms with Crippen molar-refractivity contribution in [2.45, 2.75) is 46.0 Å². The zero-order valence-corrected chi connectivity index (χ0v) is 11.7. The zero-order chi connectivity index (χ0) is 13.4. The van der Waals surface area contributed by atoms with Crippen LogP contribution in [0.15, 0.2) is 0 Å². The first-order valence-corrected chi connectivity index (χ1v) is 7.04. The highest BCUT2D eigenvalue weighted by Gasteiger charge is 2.18. The Kier molecular flexibility index (Phi) is 6.94. The second kappa shape index (κ2) is 8.25. The van der Waals surface area contributed by atoms with Crippen molar-refractivity contribution in [3.63, 3.8) is 0 Å². The van der Waals surface area contributed by atoms with Crippen LogP contribution < -0.4 is 5.32 Å². The van der Waals surface area contributed by atoms with Gasteiger partial charge in [-0.25, -0.2) is 0 Å². The summed E-state index contributed by atoms with van der Waals surface area (Å²) in [4.78, 5) is 24.1. The van der Waals surface area contributed by atoms with Gasteiger partial charge >= 0.3 is 0 Å². The third-order valence-corrected chi connectivity index (χ3v) is 3.60. The van der Waals surface area contributed by atoms with Gasteiger partial charge in [0.05, 0.1) is 0 Å². The number of ketones is 1. The SMILES string of the molecule is CC(=O)CCCCN1CCC(CNC(C)=O)CC1. The van der Waals surface area contributed by atoms with Gasteiger partial charge in [0.1, 0.15) is 5.78 Å². The van der Waals surface area contributed by atoms with Crippen molar-refractivity contribution >= 4 is 11.7 Å². The largest absolute Gasteiger partial charge is 0.356 e. The zero-order valence-electron chi connectivity index (χ0n) is 11.7. The van der Waals surface area contributed by atoms with Crippen LogP contribution in [0.1, 0.15) is 46.0 Å². The third kappa shape index (κ3) is 6.74. The van der Waals surface area contributed by atoms with Crippen LogP contribution in [-0.4, -0.2) is 42.8 Å². The number of nitrogens with zero attached hydrogens (tertiary/aromatic N) is 1. The van der Waals surface area contributed by atoms with Crippen LogP contribution in [-0.2, 0) is 9.59 Å². The Morgan fingerprint density at radius 3 is 2.39 bits per heavy atom. The molecule has 0 spiro atoms. The van der Waals surface area contributed by atoms with Crippen molar-refractivity contribution in [3.05, 3.63) is 0 Å². The van der Waals surface area contributed by atoms with Gasteiger partial charge in [-0.15, -0.1) is 0 Å². The van der Waals surface area contributed by atoms with Crippen LogP contribution in [0.25, 0.3) is 0 Å². The molecule has 0 aliphatic carbocycles. The number of carbonyl (C=O) groups excluding carboxylic acids is 2. The smallest absolute Gasteiger partial charge is 0.216 e. The van der Waals surface area contributed by atoms with Crippen molar-refractivity contribution < 1.29 is 9.59 Å². The summed E-state index contributed by atoms with van der Waals surface area (Å²) in [6.45, 7) is 7.43. The number of rotatable bonds is 7. The number of piperidine rings is 1. The molecule has 0 aromatic heterocycles. The Bertz CT molecular complexity index is 271. The van der Waals surface area contributed by atoms with Crippen LogP contribution in [0.4, 0.5) is 0 Å². The van der Waals surface area contributed by atoms with Gasteiger partial charge in [0.2, 0.25) is 5.91 Å². The van der Waals surface area contributed by atoms with E-state index in [1.807, 2.05) is 0 Å². The highest BCUT2D eigenvalue weighted by molar-refractivity contribution is 5.75. The minimum atomic E-state index is 0.0710. The van der Waals surface area contributed by atoms with E-state index in [-0.39, 0.29) is 5.91 Å². The topological polar surface area (TPSA) is 49.4 Å². The molecular formula is C14H26N2O2. The van der Waals surface area contributed by atoms with Gasteiger partial charge < -0.3 is 15.0 Å². The van der Waals surface area contributed by atoms with Crippen molar-refractivity contribution in [1.29, 1.82) is 0 Å². The highest BCUT2D eigenvalue weighted by Crippen LogP contribution is 2.16. The Morgan fingerprint density at radius 1 is 1.17 bits per heavy atom. The number of hydrogen-bond acceptors (Lipinski definition) is 3. The fraction of sp³-hybridized carbons (Fsp3) is 0.857. The second-order valence-electron chi connectivity index (χ2n) is 5.38. The van der Waals surface area contributed by atoms with Gasteiger partial charge in [0.15, 0.2) is 0 Å². The molecule has 1 fully saturated rings. The molecule has 0 bridgehead atoms. The third-order valence-electron chi connectivity index (χ3n) is 3.60. The summed E-state index contributed by atoms with van der Waals surface area (Å²) in [7, 11) is 0.